The van der Waals surface area contributed by atoms with Crippen LogP contribution in [0.25, 0.3) is 38.1 Å². The van der Waals surface area contributed by atoms with Crippen molar-refractivity contribution < 1.29 is 26.2 Å². The first-order chi connectivity index (χ1) is 21.7. The minimum Gasteiger partial charge on any atom is -0.468 e. The summed E-state index contributed by atoms with van der Waals surface area (Å²) in [7, 11) is -3.87. The number of hydrogen-bond donors (Lipinski definition) is 0. The van der Waals surface area contributed by atoms with E-state index >= 15 is 0 Å². The molecule has 1 heterocycles. The molecule has 0 N–H and O–H groups in total. The fraction of sp³-hybridized carbons (Fsp3) is 0.488. The van der Waals surface area contributed by atoms with Gasteiger partial charge in [0, 0.05) is 8.07 Å². The molecule has 3 aromatic carbocycles. The van der Waals surface area contributed by atoms with Crippen molar-refractivity contribution in [2.24, 2.45) is 0 Å². The van der Waals surface area contributed by atoms with Gasteiger partial charge in [-0.25, -0.2) is 0 Å². The molecular weight excluding hydrogens is 748 g/mol. The Hall–Kier alpha value is -1.12. The largest absolute Gasteiger partial charge is 3.00 e. The van der Waals surface area contributed by atoms with E-state index in [0.29, 0.717) is 0 Å². The molecule has 0 fully saturated rings. The zero-order valence-corrected chi connectivity index (χ0v) is 42.0. The first-order valence-corrected chi connectivity index (χ1v) is 32.8. The molecule has 0 bridgehead atoms. The minimum atomic E-state index is -1.28. The summed E-state index contributed by atoms with van der Waals surface area (Å²) in [6.07, 6.45) is 0.892. The number of rotatable bonds is 4. The minimum absolute atomic E-state index is 0. The standard InChI is InChI=1S/C31H39N2Si.3C4H11Si.Zr/c1-30(2,3)23-15-16-25-22(18-23)17-21-13-14-24(31(4,5)6)19-26(21)29(25)27-11-10-12-28(33-27)32-20-34(7,8)9;3*1-5(2,3)4;/h10-19H,20H2,1-9H3;3*1H2,2-4H3;/q4*-1;+3. The zero-order valence-electron chi connectivity index (χ0n) is 35.5. The Kier molecular flexibility index (Phi) is 18.3. The quantitative estimate of drug-likeness (QED) is 0.114. The molecule has 0 aliphatic rings. The number of benzene rings is 3. The Morgan fingerprint density at radius 3 is 1.44 bits per heavy atom. The van der Waals surface area contributed by atoms with Crippen LogP contribution in [-0.2, 0) is 37.0 Å². The van der Waals surface area contributed by atoms with Crippen molar-refractivity contribution in [2.45, 2.75) is 131 Å². The van der Waals surface area contributed by atoms with Crippen LogP contribution in [0, 0.1) is 19.6 Å². The molecule has 0 aliphatic carbocycles. The van der Waals surface area contributed by atoms with Crippen molar-refractivity contribution >= 4 is 59.7 Å². The monoisotopic (exact) mass is 818 g/mol. The number of hydrogen-bond acceptors (Lipinski definition) is 1. The first kappa shape index (κ1) is 48.9. The third-order valence-electron chi connectivity index (χ3n) is 6.39. The van der Waals surface area contributed by atoms with E-state index in [2.05, 4.69) is 194 Å². The molecule has 0 saturated heterocycles. The van der Waals surface area contributed by atoms with Crippen LogP contribution in [0.15, 0.2) is 60.7 Å². The molecule has 1 radical (unpaired) electrons. The SMILES string of the molecule is CC(C)(C)c1ccc2c(-c3cccc([N-]C[Si](C)(C)C)n3)c3cc(C(C)(C)C)ccc3cc2c1.[CH2-][Si](C)(C)C.[CH2-][Si](C)(C)C.[CH2-][Si](C)(C)C.[Zr+3]. The van der Waals surface area contributed by atoms with E-state index in [-0.39, 0.29) is 37.0 Å². The summed E-state index contributed by atoms with van der Waals surface area (Å²) in [6, 6.07) is 22.5. The van der Waals surface area contributed by atoms with Crippen molar-refractivity contribution in [1.82, 2.24) is 4.98 Å². The fourth-order valence-corrected chi connectivity index (χ4v) is 4.94. The van der Waals surface area contributed by atoms with Crippen molar-refractivity contribution in [2.75, 3.05) is 6.17 Å². The van der Waals surface area contributed by atoms with E-state index in [0.717, 1.165) is 17.7 Å². The first-order valence-electron chi connectivity index (χ1n) is 17.9. The Labute approximate surface area is 333 Å². The Morgan fingerprint density at radius 1 is 0.560 bits per heavy atom. The average molecular weight is 821 g/mol. The summed E-state index contributed by atoms with van der Waals surface area (Å²) in [5.41, 5.74) is 5.09. The topological polar surface area (TPSA) is 27.0 Å². The second kappa shape index (κ2) is 18.8. The number of nitrogens with zero attached hydrogens (tertiary/aromatic N) is 2. The van der Waals surface area contributed by atoms with E-state index < -0.39 is 32.3 Å². The van der Waals surface area contributed by atoms with Crippen LogP contribution in [0.4, 0.5) is 5.82 Å². The van der Waals surface area contributed by atoms with Crippen LogP contribution < -0.4 is 0 Å². The van der Waals surface area contributed by atoms with E-state index in [1.165, 1.54) is 38.2 Å². The summed E-state index contributed by atoms with van der Waals surface area (Å²) in [5.74, 6) is 0.836. The fourth-order valence-electron chi connectivity index (χ4n) is 4.30. The third-order valence-corrected chi connectivity index (χ3v) is 7.50. The van der Waals surface area contributed by atoms with Crippen LogP contribution in [0.3, 0.4) is 0 Å². The maximum atomic E-state index is 5.06. The Balaban J connectivity index is 0.00000126. The van der Waals surface area contributed by atoms with Gasteiger partial charge in [-0.3, -0.25) is 0 Å². The molecule has 275 valence electrons. The molecule has 0 saturated carbocycles. The molecule has 0 aliphatic heterocycles. The number of aromatic nitrogens is 1. The van der Waals surface area contributed by atoms with Crippen molar-refractivity contribution in [3.8, 4) is 11.3 Å². The summed E-state index contributed by atoms with van der Waals surface area (Å²) >= 11 is 0. The van der Waals surface area contributed by atoms with Crippen LogP contribution in [0.1, 0.15) is 52.7 Å². The van der Waals surface area contributed by atoms with E-state index in [1.54, 1.807) is 0 Å². The molecule has 4 rings (SSSR count). The van der Waals surface area contributed by atoms with E-state index in [9.17, 15) is 0 Å². The third kappa shape index (κ3) is 20.8. The molecule has 2 nitrogen and oxygen atoms in total. The van der Waals surface area contributed by atoms with Gasteiger partial charge in [-0.15, -0.1) is 24.2 Å². The smallest absolute Gasteiger partial charge is 0.468 e. The summed E-state index contributed by atoms with van der Waals surface area (Å²) in [6.45, 7) is 52.4. The molecule has 50 heavy (non-hydrogen) atoms. The number of fused-ring (bicyclic) bond motifs is 2. The van der Waals surface area contributed by atoms with Gasteiger partial charge in [0.25, 0.3) is 0 Å². The van der Waals surface area contributed by atoms with Crippen LogP contribution in [-0.4, -0.2) is 43.4 Å². The van der Waals surface area contributed by atoms with Gasteiger partial charge in [0.1, 0.15) is 0 Å². The van der Waals surface area contributed by atoms with Crippen molar-refractivity contribution in [1.29, 1.82) is 0 Å². The van der Waals surface area contributed by atoms with Gasteiger partial charge in [0.05, 0.1) is 0 Å². The molecule has 0 unspecified atom stereocenters. The van der Waals surface area contributed by atoms with Crippen LogP contribution in [0.5, 0.6) is 0 Å². The Bertz CT molecular complexity index is 1590. The maximum Gasteiger partial charge on any atom is 3.00 e. The van der Waals surface area contributed by atoms with Crippen molar-refractivity contribution in [3.63, 3.8) is 0 Å². The van der Waals surface area contributed by atoms with Crippen LogP contribution in [0.2, 0.25) is 78.6 Å². The second-order valence-corrected chi connectivity index (χ2v) is 41.4. The maximum absolute atomic E-state index is 5.06. The molecular formula is C43H72N2Si4Zr-. The molecule has 0 amide bonds. The molecule has 7 heteroatoms. The van der Waals surface area contributed by atoms with Gasteiger partial charge in [0.2, 0.25) is 0 Å². The van der Waals surface area contributed by atoms with Crippen LogP contribution >= 0.6 is 0 Å². The van der Waals surface area contributed by atoms with Gasteiger partial charge in [-0.05, 0) is 66.9 Å². The average Bonchev–Trinajstić information content (AvgIpc) is 2.86. The summed E-state index contributed by atoms with van der Waals surface area (Å²) in [4.78, 5) is 5.06. The Morgan fingerprint density at radius 2 is 1.00 bits per heavy atom. The predicted molar refractivity (Wildman–Crippen MR) is 239 cm³/mol. The van der Waals surface area contributed by atoms with Gasteiger partial charge in [-0.1, -0.05) is 181 Å². The molecule has 0 spiro atoms. The van der Waals surface area contributed by atoms with Gasteiger partial charge < -0.3 is 29.9 Å². The van der Waals surface area contributed by atoms with Gasteiger partial charge in [0.15, 0.2) is 0 Å². The normalized spacial score (nSPS) is 12.4. The van der Waals surface area contributed by atoms with Gasteiger partial charge >= 0.3 is 26.2 Å². The van der Waals surface area contributed by atoms with E-state index in [4.69, 9.17) is 10.3 Å². The molecule has 0 atom stereocenters. The predicted octanol–water partition coefficient (Wildman–Crippen LogP) is 14.6. The second-order valence-electron chi connectivity index (χ2n) is 20.6. The summed E-state index contributed by atoms with van der Waals surface area (Å²) < 4.78 is 0. The van der Waals surface area contributed by atoms with Gasteiger partial charge in [-0.2, -0.15) is 0 Å². The zero-order chi connectivity index (χ0) is 38.4. The van der Waals surface area contributed by atoms with Crippen molar-refractivity contribution in [3.05, 3.63) is 96.7 Å². The molecule has 4 aromatic rings. The summed E-state index contributed by atoms with van der Waals surface area (Å²) in [5, 5.41) is 9.92. The molecule has 1 aromatic heterocycles. The van der Waals surface area contributed by atoms with E-state index in [1.807, 2.05) is 6.07 Å². The number of pyridine rings is 1.